The lowest BCUT2D eigenvalue weighted by atomic mass is 10.1. The summed E-state index contributed by atoms with van der Waals surface area (Å²) in [6, 6.07) is 7.34. The molecule has 2 aromatic rings. The van der Waals surface area contributed by atoms with E-state index in [9.17, 15) is 4.79 Å². The molecule has 0 saturated heterocycles. The maximum absolute atomic E-state index is 10.8. The number of benzene rings is 1. The Hall–Kier alpha value is -1.85. The Kier molecular flexibility index (Phi) is 4.19. The van der Waals surface area contributed by atoms with Crippen LogP contribution in [0.3, 0.4) is 0 Å². The molecule has 2 rings (SSSR count). The Labute approximate surface area is 110 Å². The maximum atomic E-state index is 10.8. The number of hydrogen-bond donors (Lipinski definition) is 3. The Bertz CT molecular complexity index is 576. The van der Waals surface area contributed by atoms with Crippen LogP contribution in [0.4, 0.5) is 0 Å². The number of aliphatic hydroxyl groups is 1. The molecule has 3 N–H and O–H groups in total. The minimum Gasteiger partial charge on any atom is -0.475 e. The Balaban J connectivity index is 2.10. The Morgan fingerprint density at radius 1 is 1.42 bits per heavy atom. The van der Waals surface area contributed by atoms with E-state index in [1.807, 2.05) is 19.1 Å². The average Bonchev–Trinajstić information content (AvgIpc) is 2.80. The van der Waals surface area contributed by atoms with Crippen LogP contribution in [0.1, 0.15) is 29.5 Å². The molecule has 5 heteroatoms. The van der Waals surface area contributed by atoms with Crippen molar-refractivity contribution in [1.82, 2.24) is 5.32 Å². The van der Waals surface area contributed by atoms with Crippen molar-refractivity contribution in [3.05, 3.63) is 35.6 Å². The van der Waals surface area contributed by atoms with Gasteiger partial charge in [-0.05, 0) is 37.1 Å². The van der Waals surface area contributed by atoms with E-state index >= 15 is 0 Å². The van der Waals surface area contributed by atoms with Gasteiger partial charge in [0.2, 0.25) is 5.76 Å². The van der Waals surface area contributed by atoms with Crippen molar-refractivity contribution in [2.24, 2.45) is 0 Å². The summed E-state index contributed by atoms with van der Waals surface area (Å²) in [5, 5.41) is 21.8. The summed E-state index contributed by atoms with van der Waals surface area (Å²) in [5.74, 6) is -1.11. The third-order valence-electron chi connectivity index (χ3n) is 3.01. The predicted molar refractivity (Wildman–Crippen MR) is 71.2 cm³/mol. The number of fused-ring (bicyclic) bond motifs is 1. The first kappa shape index (κ1) is 13.6. The molecule has 0 saturated carbocycles. The SMILES string of the molecule is CC(CCO)NCc1ccc2oc(C(=O)O)cc2c1. The second-order valence-electron chi connectivity index (χ2n) is 4.58. The number of nitrogens with one attached hydrogen (secondary N) is 1. The van der Waals surface area contributed by atoms with Gasteiger partial charge in [-0.2, -0.15) is 0 Å². The van der Waals surface area contributed by atoms with Crippen molar-refractivity contribution in [2.75, 3.05) is 6.61 Å². The van der Waals surface area contributed by atoms with Crippen molar-refractivity contribution in [1.29, 1.82) is 0 Å². The second kappa shape index (κ2) is 5.86. The lowest BCUT2D eigenvalue weighted by molar-refractivity contribution is 0.0665. The molecule has 0 spiro atoms. The summed E-state index contributed by atoms with van der Waals surface area (Å²) in [5.41, 5.74) is 1.62. The van der Waals surface area contributed by atoms with Gasteiger partial charge >= 0.3 is 5.97 Å². The van der Waals surface area contributed by atoms with E-state index in [4.69, 9.17) is 14.6 Å². The highest BCUT2D eigenvalue weighted by molar-refractivity contribution is 5.91. The average molecular weight is 263 g/mol. The molecular weight excluding hydrogens is 246 g/mol. The van der Waals surface area contributed by atoms with Gasteiger partial charge in [-0.3, -0.25) is 0 Å². The van der Waals surface area contributed by atoms with Crippen molar-refractivity contribution < 1.29 is 19.4 Å². The highest BCUT2D eigenvalue weighted by Gasteiger charge is 2.10. The summed E-state index contributed by atoms with van der Waals surface area (Å²) in [6.07, 6.45) is 0.705. The molecule has 0 bridgehead atoms. The van der Waals surface area contributed by atoms with Crippen LogP contribution in [0.2, 0.25) is 0 Å². The number of rotatable bonds is 6. The molecule has 1 aromatic carbocycles. The Morgan fingerprint density at radius 3 is 2.89 bits per heavy atom. The van der Waals surface area contributed by atoms with E-state index in [1.54, 1.807) is 6.07 Å². The standard InChI is InChI=1S/C14H17NO4/c1-9(4-5-16)15-8-10-2-3-12-11(6-10)7-13(19-12)14(17)18/h2-3,6-7,9,15-16H,4-5,8H2,1H3,(H,17,18). The first-order valence-corrected chi connectivity index (χ1v) is 6.20. The third kappa shape index (κ3) is 3.33. The predicted octanol–water partition coefficient (Wildman–Crippen LogP) is 1.99. The molecule has 1 atom stereocenters. The number of aliphatic hydroxyl groups excluding tert-OH is 1. The van der Waals surface area contributed by atoms with Crippen molar-refractivity contribution in [3.8, 4) is 0 Å². The molecule has 0 aliphatic heterocycles. The van der Waals surface area contributed by atoms with Crippen molar-refractivity contribution in [2.45, 2.75) is 25.9 Å². The molecule has 1 aromatic heterocycles. The molecule has 19 heavy (non-hydrogen) atoms. The number of carbonyl (C=O) groups is 1. The lowest BCUT2D eigenvalue weighted by Gasteiger charge is -2.12. The molecule has 1 unspecified atom stereocenters. The van der Waals surface area contributed by atoms with E-state index < -0.39 is 5.97 Å². The van der Waals surface area contributed by atoms with Crippen LogP contribution < -0.4 is 5.32 Å². The molecule has 5 nitrogen and oxygen atoms in total. The van der Waals surface area contributed by atoms with Crippen molar-refractivity contribution in [3.63, 3.8) is 0 Å². The third-order valence-corrected chi connectivity index (χ3v) is 3.01. The quantitative estimate of drug-likeness (QED) is 0.742. The smallest absolute Gasteiger partial charge is 0.371 e. The van der Waals surface area contributed by atoms with Gasteiger partial charge in [0.05, 0.1) is 0 Å². The van der Waals surface area contributed by atoms with Gasteiger partial charge in [0.25, 0.3) is 0 Å². The minimum absolute atomic E-state index is 0.0474. The fourth-order valence-corrected chi connectivity index (χ4v) is 1.90. The van der Waals surface area contributed by atoms with E-state index in [-0.39, 0.29) is 18.4 Å². The van der Waals surface area contributed by atoms with Crippen LogP contribution in [0, 0.1) is 0 Å². The zero-order valence-electron chi connectivity index (χ0n) is 10.7. The number of aromatic carboxylic acids is 1. The van der Waals surface area contributed by atoms with Gasteiger partial charge < -0.3 is 19.9 Å². The number of carboxylic acid groups (broad SMARTS) is 1. The first-order chi connectivity index (χ1) is 9.10. The Morgan fingerprint density at radius 2 is 2.21 bits per heavy atom. The van der Waals surface area contributed by atoms with Crippen LogP contribution in [-0.4, -0.2) is 28.8 Å². The fourth-order valence-electron chi connectivity index (χ4n) is 1.90. The maximum Gasteiger partial charge on any atom is 0.371 e. The number of furan rings is 1. The zero-order chi connectivity index (χ0) is 13.8. The highest BCUT2D eigenvalue weighted by Crippen LogP contribution is 2.20. The van der Waals surface area contributed by atoms with Crippen LogP contribution in [0.25, 0.3) is 11.0 Å². The summed E-state index contributed by atoms with van der Waals surface area (Å²) in [7, 11) is 0. The molecule has 0 radical (unpaired) electrons. The van der Waals surface area contributed by atoms with Gasteiger partial charge in [-0.25, -0.2) is 4.79 Å². The number of hydrogen-bond acceptors (Lipinski definition) is 4. The largest absolute Gasteiger partial charge is 0.475 e. The van der Waals surface area contributed by atoms with Gasteiger partial charge in [0.15, 0.2) is 0 Å². The van der Waals surface area contributed by atoms with Gasteiger partial charge in [-0.1, -0.05) is 6.07 Å². The molecule has 0 aliphatic carbocycles. The van der Waals surface area contributed by atoms with Crippen molar-refractivity contribution >= 4 is 16.9 Å². The van der Waals surface area contributed by atoms with E-state index in [2.05, 4.69) is 5.32 Å². The van der Waals surface area contributed by atoms with Gasteiger partial charge in [0.1, 0.15) is 5.58 Å². The molecule has 0 aliphatic rings. The summed E-state index contributed by atoms with van der Waals surface area (Å²) >= 11 is 0. The number of carboxylic acids is 1. The van der Waals surface area contributed by atoms with E-state index in [1.165, 1.54) is 6.07 Å². The first-order valence-electron chi connectivity index (χ1n) is 6.20. The summed E-state index contributed by atoms with van der Waals surface area (Å²) in [6.45, 7) is 2.84. The fraction of sp³-hybridized carbons (Fsp3) is 0.357. The molecular formula is C14H17NO4. The van der Waals surface area contributed by atoms with Crippen LogP contribution in [0.5, 0.6) is 0 Å². The topological polar surface area (TPSA) is 82.7 Å². The molecule has 0 amide bonds. The lowest BCUT2D eigenvalue weighted by Crippen LogP contribution is -2.26. The monoisotopic (exact) mass is 263 g/mol. The highest BCUT2D eigenvalue weighted by atomic mass is 16.4. The summed E-state index contributed by atoms with van der Waals surface area (Å²) < 4.78 is 5.20. The van der Waals surface area contributed by atoms with Crippen LogP contribution in [0.15, 0.2) is 28.7 Å². The molecule has 1 heterocycles. The van der Waals surface area contributed by atoms with Crippen LogP contribution >= 0.6 is 0 Å². The normalized spacial score (nSPS) is 12.7. The zero-order valence-corrected chi connectivity index (χ0v) is 10.7. The van der Waals surface area contributed by atoms with Gasteiger partial charge in [0, 0.05) is 24.6 Å². The van der Waals surface area contributed by atoms with Crippen LogP contribution in [-0.2, 0) is 6.54 Å². The van der Waals surface area contributed by atoms with E-state index in [0.29, 0.717) is 18.5 Å². The molecule has 0 fully saturated rings. The molecule has 102 valence electrons. The minimum atomic E-state index is -1.06. The second-order valence-corrected chi connectivity index (χ2v) is 4.58. The summed E-state index contributed by atoms with van der Waals surface area (Å²) in [4.78, 5) is 10.8. The van der Waals surface area contributed by atoms with Gasteiger partial charge in [-0.15, -0.1) is 0 Å². The van der Waals surface area contributed by atoms with E-state index in [0.717, 1.165) is 10.9 Å².